The minimum Gasteiger partial charge on any atom is -0.446 e. The molecule has 0 bridgehead atoms. The number of carbonyl (C=O) groups is 2. The van der Waals surface area contributed by atoms with Crippen molar-refractivity contribution in [1.29, 1.82) is 0 Å². The monoisotopic (exact) mass is 396 g/mol. The third-order valence-corrected chi connectivity index (χ3v) is 5.33. The molecule has 1 fully saturated rings. The fourth-order valence-corrected chi connectivity index (χ4v) is 3.91. The molecule has 0 unspecified atom stereocenters. The summed E-state index contributed by atoms with van der Waals surface area (Å²) in [4.78, 5) is 24.7. The second-order valence-corrected chi connectivity index (χ2v) is 7.35. The van der Waals surface area contributed by atoms with Gasteiger partial charge in [-0.25, -0.2) is 4.79 Å². The average molecular weight is 396 g/mol. The highest BCUT2D eigenvalue weighted by molar-refractivity contribution is 7.00. The van der Waals surface area contributed by atoms with Crippen LogP contribution in [0.5, 0.6) is 0 Å². The molecule has 2 aromatic carbocycles. The maximum atomic E-state index is 12.6. The van der Waals surface area contributed by atoms with Gasteiger partial charge in [0.1, 0.15) is 17.1 Å². The number of carbonyl (C=O) groups excluding carboxylic acids is 2. The fraction of sp³-hybridized carbons (Fsp3) is 0.300. The number of nitrogens with one attached hydrogen (secondary N) is 2. The molecule has 1 aromatic heterocycles. The number of amides is 2. The summed E-state index contributed by atoms with van der Waals surface area (Å²) in [5, 5.41) is 5.77. The number of rotatable bonds is 4. The Kier molecular flexibility index (Phi) is 5.48. The molecule has 2 amide bonds. The van der Waals surface area contributed by atoms with Crippen LogP contribution in [0.2, 0.25) is 0 Å². The van der Waals surface area contributed by atoms with Gasteiger partial charge in [-0.05, 0) is 49.6 Å². The van der Waals surface area contributed by atoms with Gasteiger partial charge in [0.05, 0.1) is 11.7 Å². The van der Waals surface area contributed by atoms with Crippen LogP contribution in [0.15, 0.2) is 48.5 Å². The van der Waals surface area contributed by atoms with Gasteiger partial charge in [0.15, 0.2) is 0 Å². The molecule has 3 aromatic rings. The molecule has 1 aliphatic rings. The third-order valence-electron chi connectivity index (χ3n) is 4.77. The van der Waals surface area contributed by atoms with Crippen LogP contribution >= 0.6 is 11.7 Å². The Morgan fingerprint density at radius 3 is 2.71 bits per heavy atom. The maximum Gasteiger partial charge on any atom is 0.411 e. The summed E-state index contributed by atoms with van der Waals surface area (Å²) in [6, 6.07) is 14.5. The maximum absolute atomic E-state index is 12.6. The van der Waals surface area contributed by atoms with Gasteiger partial charge in [-0.1, -0.05) is 18.2 Å². The smallest absolute Gasteiger partial charge is 0.411 e. The van der Waals surface area contributed by atoms with Crippen LogP contribution in [-0.4, -0.2) is 32.9 Å². The summed E-state index contributed by atoms with van der Waals surface area (Å²) in [5.74, 6) is -0.144. The van der Waals surface area contributed by atoms with Gasteiger partial charge in [0.2, 0.25) is 0 Å². The molecule has 8 heteroatoms. The first-order valence-corrected chi connectivity index (χ1v) is 9.96. The van der Waals surface area contributed by atoms with Crippen LogP contribution in [-0.2, 0) is 4.74 Å². The molecule has 2 N–H and O–H groups in total. The lowest BCUT2D eigenvalue weighted by molar-refractivity contribution is 0.0712. The Hall–Kier alpha value is -3.00. The lowest BCUT2D eigenvalue weighted by Gasteiger charge is -2.29. The quantitative estimate of drug-likeness (QED) is 0.696. The number of nitrogens with zero attached hydrogens (tertiary/aromatic N) is 2. The number of hydrogen-bond acceptors (Lipinski definition) is 6. The number of para-hydroxylation sites is 1. The lowest BCUT2D eigenvalue weighted by atomic mass is 9.92. The van der Waals surface area contributed by atoms with Crippen molar-refractivity contribution in [1.82, 2.24) is 14.1 Å². The van der Waals surface area contributed by atoms with Gasteiger partial charge in [-0.15, -0.1) is 0 Å². The first kappa shape index (κ1) is 18.4. The van der Waals surface area contributed by atoms with Crippen LogP contribution in [0.4, 0.5) is 10.5 Å². The van der Waals surface area contributed by atoms with Crippen molar-refractivity contribution in [2.45, 2.75) is 37.8 Å². The Morgan fingerprint density at radius 2 is 1.86 bits per heavy atom. The van der Waals surface area contributed by atoms with E-state index in [1.807, 2.05) is 18.2 Å². The molecule has 144 valence electrons. The zero-order valence-electron chi connectivity index (χ0n) is 15.1. The number of anilines is 1. The molecular weight excluding hydrogens is 376 g/mol. The van der Waals surface area contributed by atoms with E-state index in [2.05, 4.69) is 19.4 Å². The molecule has 1 saturated carbocycles. The molecule has 0 aliphatic heterocycles. The van der Waals surface area contributed by atoms with Crippen LogP contribution in [0.25, 0.3) is 11.0 Å². The van der Waals surface area contributed by atoms with E-state index in [1.165, 1.54) is 0 Å². The van der Waals surface area contributed by atoms with Crippen molar-refractivity contribution in [3.8, 4) is 0 Å². The topological polar surface area (TPSA) is 93.2 Å². The molecule has 0 radical (unpaired) electrons. The Bertz CT molecular complexity index is 976. The number of benzene rings is 2. The summed E-state index contributed by atoms with van der Waals surface area (Å²) in [5.41, 5.74) is 2.77. The van der Waals surface area contributed by atoms with E-state index >= 15 is 0 Å². The minimum absolute atomic E-state index is 0.0277. The highest BCUT2D eigenvalue weighted by Crippen LogP contribution is 2.23. The Balaban J connectivity index is 1.31. The zero-order valence-corrected chi connectivity index (χ0v) is 15.9. The van der Waals surface area contributed by atoms with Crippen molar-refractivity contribution in [3.05, 3.63) is 54.1 Å². The molecule has 1 heterocycles. The van der Waals surface area contributed by atoms with Crippen LogP contribution < -0.4 is 10.6 Å². The van der Waals surface area contributed by atoms with E-state index in [1.54, 1.807) is 30.3 Å². The minimum atomic E-state index is -0.468. The van der Waals surface area contributed by atoms with E-state index < -0.39 is 6.09 Å². The molecule has 2 atom stereocenters. The Morgan fingerprint density at radius 1 is 1.04 bits per heavy atom. The fourth-order valence-electron chi connectivity index (χ4n) is 3.40. The summed E-state index contributed by atoms with van der Waals surface area (Å²) >= 11 is 1.13. The predicted molar refractivity (Wildman–Crippen MR) is 107 cm³/mol. The van der Waals surface area contributed by atoms with Gasteiger partial charge in [0.25, 0.3) is 5.91 Å². The summed E-state index contributed by atoms with van der Waals surface area (Å²) < 4.78 is 13.9. The molecule has 4 rings (SSSR count). The number of hydrogen-bond donors (Lipinski definition) is 2. The van der Waals surface area contributed by atoms with E-state index in [-0.39, 0.29) is 18.1 Å². The molecule has 1 aliphatic carbocycles. The van der Waals surface area contributed by atoms with E-state index in [0.29, 0.717) is 17.7 Å². The number of aromatic nitrogens is 2. The van der Waals surface area contributed by atoms with Crippen molar-refractivity contribution < 1.29 is 14.3 Å². The van der Waals surface area contributed by atoms with Gasteiger partial charge >= 0.3 is 6.09 Å². The summed E-state index contributed by atoms with van der Waals surface area (Å²) in [6.45, 7) is 0. The van der Waals surface area contributed by atoms with Crippen LogP contribution in [0.3, 0.4) is 0 Å². The highest BCUT2D eigenvalue weighted by atomic mass is 32.1. The van der Waals surface area contributed by atoms with E-state index in [4.69, 9.17) is 4.74 Å². The van der Waals surface area contributed by atoms with Gasteiger partial charge in [-0.2, -0.15) is 8.75 Å². The predicted octanol–water partition coefficient (Wildman–Crippen LogP) is 3.98. The first-order valence-electron chi connectivity index (χ1n) is 9.23. The largest absolute Gasteiger partial charge is 0.446 e. The normalized spacial score (nSPS) is 19.1. The Labute approximate surface area is 166 Å². The zero-order chi connectivity index (χ0) is 19.3. The number of ether oxygens (including phenoxy) is 1. The first-order chi connectivity index (χ1) is 13.7. The molecular formula is C20H20N4O3S. The molecule has 7 nitrogen and oxygen atoms in total. The average Bonchev–Trinajstić information content (AvgIpc) is 3.16. The van der Waals surface area contributed by atoms with Crippen molar-refractivity contribution in [2.75, 3.05) is 5.32 Å². The van der Waals surface area contributed by atoms with Crippen molar-refractivity contribution in [3.63, 3.8) is 0 Å². The van der Waals surface area contributed by atoms with Crippen molar-refractivity contribution in [2.24, 2.45) is 0 Å². The molecule has 0 saturated heterocycles. The summed E-state index contributed by atoms with van der Waals surface area (Å²) in [6.07, 6.45) is 2.48. The number of fused-ring (bicyclic) bond motifs is 1. The molecule has 28 heavy (non-hydrogen) atoms. The van der Waals surface area contributed by atoms with E-state index in [0.717, 1.165) is 42.0 Å². The van der Waals surface area contributed by atoms with Crippen molar-refractivity contribution >= 4 is 40.4 Å². The van der Waals surface area contributed by atoms with Crippen LogP contribution in [0, 0.1) is 0 Å². The lowest BCUT2D eigenvalue weighted by Crippen LogP contribution is -2.41. The van der Waals surface area contributed by atoms with Crippen LogP contribution in [0.1, 0.15) is 36.0 Å². The van der Waals surface area contributed by atoms with Gasteiger partial charge < -0.3 is 10.1 Å². The second-order valence-electron chi connectivity index (χ2n) is 6.82. The standard InChI is InChI=1S/C20H20N4O3S/c25-19(13-9-10-17-18(11-13)24-28-23-17)21-15-7-4-8-16(12-15)27-20(26)22-14-5-2-1-3-6-14/h1-3,5-6,9-11,15-16H,4,7-8,12H2,(H,21,25)(H,22,26)/t15-,16+/m0/s1. The highest BCUT2D eigenvalue weighted by Gasteiger charge is 2.26. The van der Waals surface area contributed by atoms with E-state index in [9.17, 15) is 9.59 Å². The third kappa shape index (κ3) is 4.45. The second kappa shape index (κ2) is 8.35. The summed E-state index contributed by atoms with van der Waals surface area (Å²) in [7, 11) is 0. The SMILES string of the molecule is O=C(Nc1ccccc1)O[C@@H]1CCC[C@H](NC(=O)c2ccc3nsnc3c2)C1. The van der Waals surface area contributed by atoms with Gasteiger partial charge in [0, 0.05) is 23.7 Å². The van der Waals surface area contributed by atoms with Gasteiger partial charge in [-0.3, -0.25) is 10.1 Å². The molecule has 0 spiro atoms.